The molecule has 1 aromatic rings. The van der Waals surface area contributed by atoms with Gasteiger partial charge in [0.15, 0.2) is 5.78 Å². The lowest BCUT2D eigenvalue weighted by Crippen LogP contribution is -2.36. The van der Waals surface area contributed by atoms with Crippen LogP contribution in [0.4, 0.5) is 0 Å². The van der Waals surface area contributed by atoms with Crippen LogP contribution in [0.3, 0.4) is 0 Å². The van der Waals surface area contributed by atoms with Gasteiger partial charge in [-0.25, -0.2) is 0 Å². The summed E-state index contributed by atoms with van der Waals surface area (Å²) in [5, 5.41) is 0. The fourth-order valence-corrected chi connectivity index (χ4v) is 2.96. The van der Waals surface area contributed by atoms with Gasteiger partial charge in [0.05, 0.1) is 13.7 Å². The molecule has 25 heavy (non-hydrogen) atoms. The van der Waals surface area contributed by atoms with Crippen molar-refractivity contribution in [1.82, 2.24) is 9.80 Å². The summed E-state index contributed by atoms with van der Waals surface area (Å²) in [6, 6.07) is 7.01. The molecule has 0 atom stereocenters. The second kappa shape index (κ2) is 10.2. The van der Waals surface area contributed by atoms with E-state index in [-0.39, 0.29) is 24.5 Å². The summed E-state index contributed by atoms with van der Waals surface area (Å²) in [5.41, 5.74) is 0.621. The largest absolute Gasteiger partial charge is 0.497 e. The first kappa shape index (κ1) is 19.4. The molecule has 1 aliphatic rings. The Bertz CT molecular complexity index is 559. The number of Topliss-reactive ketones (excluding diaryl/α,β-unsaturated/α-hetero) is 1. The van der Waals surface area contributed by atoms with E-state index in [4.69, 9.17) is 9.47 Å². The van der Waals surface area contributed by atoms with Crippen molar-refractivity contribution in [3.63, 3.8) is 0 Å². The number of benzene rings is 1. The third-order valence-electron chi connectivity index (χ3n) is 4.53. The van der Waals surface area contributed by atoms with E-state index in [1.807, 2.05) is 4.90 Å². The molecule has 6 heteroatoms. The van der Waals surface area contributed by atoms with Crippen molar-refractivity contribution in [3.05, 3.63) is 29.8 Å². The molecule has 0 saturated carbocycles. The SMILES string of the molecule is COCCN1CCCN(C(=O)CCC(=O)c2ccc(OC)cc2)CC1. The minimum atomic E-state index is -0.00690. The normalized spacial score (nSPS) is 15.7. The van der Waals surface area contributed by atoms with Crippen molar-refractivity contribution in [2.75, 3.05) is 53.6 Å². The van der Waals surface area contributed by atoms with Crippen LogP contribution in [-0.4, -0.2) is 75.0 Å². The molecule has 1 heterocycles. The number of hydrogen-bond donors (Lipinski definition) is 0. The first-order valence-electron chi connectivity index (χ1n) is 8.80. The van der Waals surface area contributed by atoms with Gasteiger partial charge in [-0.15, -0.1) is 0 Å². The molecular weight excluding hydrogens is 320 g/mol. The fraction of sp³-hybridized carbons (Fsp3) is 0.579. The van der Waals surface area contributed by atoms with E-state index in [0.717, 1.165) is 44.9 Å². The lowest BCUT2D eigenvalue weighted by molar-refractivity contribution is -0.131. The molecule has 1 fully saturated rings. The molecule has 1 aromatic carbocycles. The minimum Gasteiger partial charge on any atom is -0.497 e. The number of carbonyl (C=O) groups excluding carboxylic acids is 2. The quantitative estimate of drug-likeness (QED) is 0.671. The van der Waals surface area contributed by atoms with Crippen LogP contribution >= 0.6 is 0 Å². The van der Waals surface area contributed by atoms with Crippen molar-refractivity contribution in [1.29, 1.82) is 0 Å². The summed E-state index contributed by atoms with van der Waals surface area (Å²) in [6.07, 6.45) is 1.47. The number of methoxy groups -OCH3 is 2. The standard InChI is InChI=1S/C19H28N2O4/c1-24-15-14-20-10-3-11-21(13-12-20)19(23)9-8-18(22)16-4-6-17(25-2)7-5-16/h4-7H,3,8-15H2,1-2H3. The Morgan fingerprint density at radius 1 is 1.00 bits per heavy atom. The number of amides is 1. The second-order valence-corrected chi connectivity index (χ2v) is 6.22. The number of hydrogen-bond acceptors (Lipinski definition) is 5. The molecule has 0 unspecified atom stereocenters. The Balaban J connectivity index is 1.78. The Labute approximate surface area is 149 Å². The minimum absolute atomic E-state index is 0.00690. The first-order valence-corrected chi connectivity index (χ1v) is 8.80. The third-order valence-corrected chi connectivity index (χ3v) is 4.53. The fourth-order valence-electron chi connectivity index (χ4n) is 2.96. The van der Waals surface area contributed by atoms with Gasteiger partial charge in [-0.3, -0.25) is 14.5 Å². The maximum atomic E-state index is 12.4. The lowest BCUT2D eigenvalue weighted by Gasteiger charge is -2.21. The summed E-state index contributed by atoms with van der Waals surface area (Å²) in [6.45, 7) is 4.94. The number of carbonyl (C=O) groups is 2. The maximum Gasteiger partial charge on any atom is 0.223 e. The van der Waals surface area contributed by atoms with Crippen molar-refractivity contribution in [2.45, 2.75) is 19.3 Å². The average molecular weight is 348 g/mol. The highest BCUT2D eigenvalue weighted by atomic mass is 16.5. The van der Waals surface area contributed by atoms with Crippen molar-refractivity contribution < 1.29 is 19.1 Å². The van der Waals surface area contributed by atoms with Gasteiger partial charge in [-0.1, -0.05) is 0 Å². The number of ether oxygens (including phenoxy) is 2. The summed E-state index contributed by atoms with van der Waals surface area (Å²) < 4.78 is 10.2. The Morgan fingerprint density at radius 2 is 1.76 bits per heavy atom. The van der Waals surface area contributed by atoms with Crippen molar-refractivity contribution in [3.8, 4) is 5.75 Å². The molecule has 0 bridgehead atoms. The highest BCUT2D eigenvalue weighted by Crippen LogP contribution is 2.14. The maximum absolute atomic E-state index is 12.4. The van der Waals surface area contributed by atoms with Crippen LogP contribution in [0.1, 0.15) is 29.6 Å². The highest BCUT2D eigenvalue weighted by Gasteiger charge is 2.19. The van der Waals surface area contributed by atoms with Crippen LogP contribution in [0.25, 0.3) is 0 Å². The Kier molecular flexibility index (Phi) is 7.88. The molecule has 0 aromatic heterocycles. The molecule has 1 aliphatic heterocycles. The average Bonchev–Trinajstić information content (AvgIpc) is 2.90. The van der Waals surface area contributed by atoms with Crippen LogP contribution in [0, 0.1) is 0 Å². The first-order chi connectivity index (χ1) is 12.1. The number of nitrogens with zero attached hydrogens (tertiary/aromatic N) is 2. The van der Waals surface area contributed by atoms with Gasteiger partial charge >= 0.3 is 0 Å². The molecule has 2 rings (SSSR count). The molecular formula is C19H28N2O4. The molecule has 1 saturated heterocycles. The van der Waals surface area contributed by atoms with Crippen LogP contribution in [0.15, 0.2) is 24.3 Å². The van der Waals surface area contributed by atoms with Crippen LogP contribution in [0.2, 0.25) is 0 Å². The van der Waals surface area contributed by atoms with E-state index >= 15 is 0 Å². The van der Waals surface area contributed by atoms with Gasteiger partial charge in [0, 0.05) is 51.7 Å². The zero-order valence-corrected chi connectivity index (χ0v) is 15.2. The predicted octanol–water partition coefficient (Wildman–Crippen LogP) is 1.84. The second-order valence-electron chi connectivity index (χ2n) is 6.22. The van der Waals surface area contributed by atoms with Gasteiger partial charge in [0.2, 0.25) is 5.91 Å². The van der Waals surface area contributed by atoms with Crippen molar-refractivity contribution in [2.24, 2.45) is 0 Å². The van der Waals surface area contributed by atoms with E-state index in [2.05, 4.69) is 4.90 Å². The highest BCUT2D eigenvalue weighted by molar-refractivity contribution is 5.98. The predicted molar refractivity (Wildman–Crippen MR) is 96.1 cm³/mol. The molecule has 0 N–H and O–H groups in total. The van der Waals surface area contributed by atoms with Gasteiger partial charge in [0.25, 0.3) is 0 Å². The van der Waals surface area contributed by atoms with E-state index in [1.165, 1.54) is 0 Å². The van der Waals surface area contributed by atoms with Gasteiger partial charge in [-0.2, -0.15) is 0 Å². The molecule has 138 valence electrons. The van der Waals surface area contributed by atoms with E-state index in [0.29, 0.717) is 12.2 Å². The van der Waals surface area contributed by atoms with E-state index < -0.39 is 0 Å². The van der Waals surface area contributed by atoms with Crippen LogP contribution < -0.4 is 4.74 Å². The smallest absolute Gasteiger partial charge is 0.223 e. The van der Waals surface area contributed by atoms with Crippen LogP contribution in [0.5, 0.6) is 5.75 Å². The number of ketones is 1. The summed E-state index contributed by atoms with van der Waals surface area (Å²) >= 11 is 0. The molecule has 0 radical (unpaired) electrons. The Morgan fingerprint density at radius 3 is 2.44 bits per heavy atom. The zero-order chi connectivity index (χ0) is 18.1. The van der Waals surface area contributed by atoms with Gasteiger partial charge in [0.1, 0.15) is 5.75 Å². The van der Waals surface area contributed by atoms with Gasteiger partial charge in [-0.05, 0) is 37.2 Å². The molecule has 6 nitrogen and oxygen atoms in total. The lowest BCUT2D eigenvalue weighted by atomic mass is 10.1. The number of rotatable bonds is 8. The Hall–Kier alpha value is -1.92. The van der Waals surface area contributed by atoms with Crippen LogP contribution in [-0.2, 0) is 9.53 Å². The summed E-state index contributed by atoms with van der Waals surface area (Å²) in [5.74, 6) is 0.776. The van der Waals surface area contributed by atoms with E-state index in [9.17, 15) is 9.59 Å². The monoisotopic (exact) mass is 348 g/mol. The third kappa shape index (κ3) is 6.14. The molecule has 0 aliphatic carbocycles. The topological polar surface area (TPSA) is 59.1 Å². The van der Waals surface area contributed by atoms with Gasteiger partial charge < -0.3 is 14.4 Å². The summed E-state index contributed by atoms with van der Waals surface area (Å²) in [7, 11) is 3.29. The zero-order valence-electron chi connectivity index (χ0n) is 15.2. The summed E-state index contributed by atoms with van der Waals surface area (Å²) in [4.78, 5) is 28.9. The van der Waals surface area contributed by atoms with E-state index in [1.54, 1.807) is 38.5 Å². The molecule has 0 spiro atoms. The van der Waals surface area contributed by atoms with Crippen molar-refractivity contribution >= 4 is 11.7 Å². The molecule has 1 amide bonds.